The molecule has 0 atom stereocenters. The van der Waals surface area contributed by atoms with Gasteiger partial charge in [0.05, 0.1) is 18.0 Å². The third kappa shape index (κ3) is 5.72. The number of halogens is 1. The molecule has 0 radical (unpaired) electrons. The van der Waals surface area contributed by atoms with Gasteiger partial charge in [-0.15, -0.1) is 0 Å². The van der Waals surface area contributed by atoms with Crippen LogP contribution >= 0.6 is 15.9 Å². The highest BCUT2D eigenvalue weighted by molar-refractivity contribution is 9.10. The van der Waals surface area contributed by atoms with Crippen molar-refractivity contribution in [2.45, 2.75) is 16.0 Å². The molecular formula is C33H30BrN3O4S. The van der Waals surface area contributed by atoms with Crippen molar-refractivity contribution in [3.8, 4) is 17.2 Å². The molecule has 0 spiro atoms. The van der Waals surface area contributed by atoms with Gasteiger partial charge in [-0.25, -0.2) is 8.42 Å². The van der Waals surface area contributed by atoms with E-state index >= 15 is 0 Å². The van der Waals surface area contributed by atoms with E-state index in [2.05, 4.69) is 74.3 Å². The van der Waals surface area contributed by atoms with Gasteiger partial charge in [-0.3, -0.25) is 4.90 Å². The second-order valence-electron chi connectivity index (χ2n) is 10.1. The summed E-state index contributed by atoms with van der Waals surface area (Å²) in [6, 6.07) is 34.8. The Morgan fingerprint density at radius 1 is 0.786 bits per heavy atom. The molecule has 5 aromatic rings. The Kier molecular flexibility index (Phi) is 8.15. The average molecular weight is 645 g/mol. The predicted octanol–water partition coefficient (Wildman–Crippen LogP) is 6.86. The number of anilines is 1. The molecule has 1 aromatic heterocycles. The maximum Gasteiger partial charge on any atom is 0.236 e. The van der Waals surface area contributed by atoms with Crippen LogP contribution in [-0.4, -0.2) is 51.6 Å². The van der Waals surface area contributed by atoms with Gasteiger partial charge in [0.1, 0.15) is 5.75 Å². The van der Waals surface area contributed by atoms with Crippen LogP contribution in [0.2, 0.25) is 0 Å². The topological polar surface area (TPSA) is 75.9 Å². The summed E-state index contributed by atoms with van der Waals surface area (Å²) in [4.78, 5) is 9.16. The van der Waals surface area contributed by atoms with Gasteiger partial charge in [0.25, 0.3) is 0 Å². The number of oxazole rings is 1. The molecule has 0 amide bonds. The van der Waals surface area contributed by atoms with Gasteiger partial charge in [-0.05, 0) is 59.7 Å². The Balaban J connectivity index is 1.34. The Bertz CT molecular complexity index is 1700. The Morgan fingerprint density at radius 3 is 1.90 bits per heavy atom. The fraction of sp³-hybridized carbons (Fsp3) is 0.182. The van der Waals surface area contributed by atoms with Crippen molar-refractivity contribution in [2.24, 2.45) is 0 Å². The van der Waals surface area contributed by atoms with Crippen LogP contribution in [0.25, 0.3) is 11.5 Å². The standard InChI is InChI=1S/C33H30BrN3O4S/c1-40-28-16-12-26(13-17-28)31-35-32(42(38,39)29-18-14-27(34)15-19-29)33(41-31)37-22-20-36(21-23-37)30(24-8-4-2-5-9-24)25-10-6-3-7-11-25/h2-19,30H,20-23H2,1H3. The number of methoxy groups -OCH3 is 1. The third-order valence-electron chi connectivity index (χ3n) is 7.49. The maximum absolute atomic E-state index is 13.9. The van der Waals surface area contributed by atoms with Crippen LogP contribution in [0.4, 0.5) is 5.88 Å². The Morgan fingerprint density at radius 2 is 1.36 bits per heavy atom. The van der Waals surface area contributed by atoms with Gasteiger partial charge in [0.15, 0.2) is 0 Å². The van der Waals surface area contributed by atoms with Gasteiger partial charge in [0.2, 0.25) is 26.6 Å². The van der Waals surface area contributed by atoms with Gasteiger partial charge >= 0.3 is 0 Å². The summed E-state index contributed by atoms with van der Waals surface area (Å²) in [5, 5.41) is -0.0771. The van der Waals surface area contributed by atoms with Crippen LogP contribution < -0.4 is 9.64 Å². The number of benzene rings is 4. The minimum absolute atomic E-state index is 0.0771. The monoisotopic (exact) mass is 643 g/mol. The minimum atomic E-state index is -3.96. The number of hydrogen-bond acceptors (Lipinski definition) is 7. The van der Waals surface area contributed by atoms with Gasteiger partial charge < -0.3 is 14.1 Å². The molecule has 0 aliphatic carbocycles. The lowest BCUT2D eigenvalue weighted by Crippen LogP contribution is -2.48. The highest BCUT2D eigenvalue weighted by Crippen LogP contribution is 2.37. The SMILES string of the molecule is COc1ccc(-c2nc(S(=O)(=O)c3ccc(Br)cc3)c(N3CCN(C(c4ccccc4)c4ccccc4)CC3)o2)cc1. The Hall–Kier alpha value is -3.92. The first-order valence-electron chi connectivity index (χ1n) is 13.7. The summed E-state index contributed by atoms with van der Waals surface area (Å²) < 4.78 is 40.2. The highest BCUT2D eigenvalue weighted by atomic mass is 79.9. The number of nitrogens with zero attached hydrogens (tertiary/aromatic N) is 3. The van der Waals surface area contributed by atoms with E-state index in [9.17, 15) is 8.42 Å². The fourth-order valence-electron chi connectivity index (χ4n) is 5.32. The van der Waals surface area contributed by atoms with Crippen molar-refractivity contribution >= 4 is 31.7 Å². The van der Waals surface area contributed by atoms with Crippen LogP contribution in [0.5, 0.6) is 5.75 Å². The number of piperazine rings is 1. The lowest BCUT2D eigenvalue weighted by atomic mass is 9.96. The molecule has 1 fully saturated rings. The van der Waals surface area contributed by atoms with Crippen molar-refractivity contribution in [3.63, 3.8) is 0 Å². The number of ether oxygens (including phenoxy) is 1. The van der Waals surface area contributed by atoms with Crippen LogP contribution in [0.1, 0.15) is 17.2 Å². The summed E-state index contributed by atoms with van der Waals surface area (Å²) in [5.41, 5.74) is 3.11. The van der Waals surface area contributed by atoms with E-state index in [-0.39, 0.29) is 27.7 Å². The summed E-state index contributed by atoms with van der Waals surface area (Å²) in [6.07, 6.45) is 0. The number of rotatable bonds is 8. The molecule has 2 heterocycles. The summed E-state index contributed by atoms with van der Waals surface area (Å²) >= 11 is 3.39. The van der Waals surface area contributed by atoms with Crippen LogP contribution in [-0.2, 0) is 9.84 Å². The lowest BCUT2D eigenvalue weighted by molar-refractivity contribution is 0.209. The zero-order valence-corrected chi connectivity index (χ0v) is 25.5. The molecule has 42 heavy (non-hydrogen) atoms. The molecule has 7 nitrogen and oxygen atoms in total. The summed E-state index contributed by atoms with van der Waals surface area (Å²) in [5.74, 6) is 1.20. The molecule has 9 heteroatoms. The number of sulfone groups is 1. The fourth-order valence-corrected chi connectivity index (χ4v) is 6.91. The quantitative estimate of drug-likeness (QED) is 0.183. The van der Waals surface area contributed by atoms with Crippen LogP contribution in [0, 0.1) is 0 Å². The average Bonchev–Trinajstić information content (AvgIpc) is 3.50. The first kappa shape index (κ1) is 28.2. The largest absolute Gasteiger partial charge is 0.497 e. The number of hydrogen-bond donors (Lipinski definition) is 0. The molecule has 1 aliphatic rings. The van der Waals surface area contributed by atoms with E-state index in [1.807, 2.05) is 29.2 Å². The van der Waals surface area contributed by atoms with E-state index in [4.69, 9.17) is 9.15 Å². The molecule has 0 bridgehead atoms. The van der Waals surface area contributed by atoms with Gasteiger partial charge in [0, 0.05) is 36.2 Å². The minimum Gasteiger partial charge on any atom is -0.497 e. The smallest absolute Gasteiger partial charge is 0.236 e. The van der Waals surface area contributed by atoms with Gasteiger partial charge in [-0.2, -0.15) is 4.98 Å². The lowest BCUT2D eigenvalue weighted by Gasteiger charge is -2.39. The van der Waals surface area contributed by atoms with Crippen molar-refractivity contribution in [2.75, 3.05) is 38.2 Å². The molecule has 0 unspecified atom stereocenters. The molecule has 0 N–H and O–H groups in total. The van der Waals surface area contributed by atoms with Gasteiger partial charge in [-0.1, -0.05) is 76.6 Å². The van der Waals surface area contributed by atoms with Crippen LogP contribution in [0.3, 0.4) is 0 Å². The maximum atomic E-state index is 13.9. The van der Waals surface area contributed by atoms with E-state index in [1.54, 1.807) is 43.5 Å². The zero-order valence-electron chi connectivity index (χ0n) is 23.1. The summed E-state index contributed by atoms with van der Waals surface area (Å²) in [6.45, 7) is 2.59. The molecule has 0 saturated carbocycles. The molecule has 1 aliphatic heterocycles. The molecule has 4 aromatic carbocycles. The normalized spacial score (nSPS) is 14.3. The molecule has 214 valence electrons. The van der Waals surface area contributed by atoms with Crippen molar-refractivity contribution in [3.05, 3.63) is 125 Å². The summed E-state index contributed by atoms with van der Waals surface area (Å²) in [7, 11) is -2.36. The molecular weight excluding hydrogens is 614 g/mol. The first-order chi connectivity index (χ1) is 20.4. The number of aromatic nitrogens is 1. The van der Waals surface area contributed by atoms with Crippen molar-refractivity contribution in [1.82, 2.24) is 9.88 Å². The second kappa shape index (κ2) is 12.1. The third-order valence-corrected chi connectivity index (χ3v) is 9.69. The van der Waals surface area contributed by atoms with E-state index in [1.165, 1.54) is 11.1 Å². The second-order valence-corrected chi connectivity index (χ2v) is 12.8. The molecule has 1 saturated heterocycles. The van der Waals surface area contributed by atoms with E-state index in [0.29, 0.717) is 37.5 Å². The zero-order chi connectivity index (χ0) is 29.1. The Labute approximate surface area is 254 Å². The molecule has 6 rings (SSSR count). The van der Waals surface area contributed by atoms with E-state index < -0.39 is 9.84 Å². The van der Waals surface area contributed by atoms with E-state index in [0.717, 1.165) is 4.47 Å². The van der Waals surface area contributed by atoms with Crippen molar-refractivity contribution < 1.29 is 17.6 Å². The van der Waals surface area contributed by atoms with Crippen LogP contribution in [0.15, 0.2) is 128 Å². The first-order valence-corrected chi connectivity index (χ1v) is 16.0. The predicted molar refractivity (Wildman–Crippen MR) is 167 cm³/mol. The van der Waals surface area contributed by atoms with Crippen molar-refractivity contribution in [1.29, 1.82) is 0 Å². The highest BCUT2D eigenvalue weighted by Gasteiger charge is 2.34.